The van der Waals surface area contributed by atoms with Crippen molar-refractivity contribution in [2.75, 3.05) is 0 Å². The van der Waals surface area contributed by atoms with Gasteiger partial charge in [-0.1, -0.05) is 13.8 Å². The van der Waals surface area contributed by atoms with E-state index in [1.807, 2.05) is 6.92 Å². The number of hydrogen-bond donors (Lipinski definition) is 1. The van der Waals surface area contributed by atoms with Crippen LogP contribution >= 0.6 is 0 Å². The molecule has 4 heteroatoms. The van der Waals surface area contributed by atoms with Crippen molar-refractivity contribution in [2.24, 2.45) is 5.92 Å². The molecule has 0 aromatic carbocycles. The molecule has 0 radical (unpaired) electrons. The second-order valence-corrected chi connectivity index (χ2v) is 3.60. The highest BCUT2D eigenvalue weighted by Crippen LogP contribution is 2.01. The Morgan fingerprint density at radius 3 is 2.57 bits per heavy atom. The molecular formula is C10H15N3O. The summed E-state index contributed by atoms with van der Waals surface area (Å²) < 4.78 is 0. The Kier molecular flexibility index (Phi) is 3.56. The molecule has 14 heavy (non-hydrogen) atoms. The molecule has 0 saturated heterocycles. The Hall–Kier alpha value is -1.45. The number of amides is 1. The maximum absolute atomic E-state index is 11.5. The van der Waals surface area contributed by atoms with Crippen LogP contribution < -0.4 is 5.32 Å². The fourth-order valence-electron chi connectivity index (χ4n) is 0.864. The second kappa shape index (κ2) is 4.69. The third-order valence-electron chi connectivity index (χ3n) is 2.15. The molecule has 0 aliphatic rings. The van der Waals surface area contributed by atoms with Gasteiger partial charge in [0.15, 0.2) is 0 Å². The van der Waals surface area contributed by atoms with Crippen molar-refractivity contribution in [3.05, 3.63) is 24.3 Å². The van der Waals surface area contributed by atoms with Gasteiger partial charge in [0.25, 0.3) is 5.91 Å². The van der Waals surface area contributed by atoms with E-state index in [0.29, 0.717) is 11.6 Å². The molecule has 0 spiro atoms. The molecule has 0 bridgehead atoms. The van der Waals surface area contributed by atoms with Gasteiger partial charge in [-0.25, -0.2) is 4.98 Å². The van der Waals surface area contributed by atoms with Gasteiger partial charge < -0.3 is 5.32 Å². The number of hydrogen-bond acceptors (Lipinski definition) is 3. The summed E-state index contributed by atoms with van der Waals surface area (Å²) in [5.41, 5.74) is 0.361. The van der Waals surface area contributed by atoms with Crippen molar-refractivity contribution < 1.29 is 4.79 Å². The van der Waals surface area contributed by atoms with E-state index >= 15 is 0 Å². The molecule has 0 saturated carbocycles. The standard InChI is InChI=1S/C10H15N3O/c1-7(2)8(3)13-10(14)9-6-11-4-5-12-9/h4-8H,1-3H3,(H,13,14)/t8-/m1/s1. The number of rotatable bonds is 3. The first kappa shape index (κ1) is 10.6. The number of carbonyl (C=O) groups excluding carboxylic acids is 1. The average Bonchev–Trinajstić information content (AvgIpc) is 2.19. The van der Waals surface area contributed by atoms with Gasteiger partial charge in [0.05, 0.1) is 6.20 Å². The lowest BCUT2D eigenvalue weighted by atomic mass is 10.1. The van der Waals surface area contributed by atoms with E-state index in [1.54, 1.807) is 6.20 Å². The van der Waals surface area contributed by atoms with Crippen molar-refractivity contribution in [3.8, 4) is 0 Å². The summed E-state index contributed by atoms with van der Waals surface area (Å²) in [4.78, 5) is 19.3. The van der Waals surface area contributed by atoms with E-state index in [1.165, 1.54) is 12.4 Å². The zero-order valence-corrected chi connectivity index (χ0v) is 8.69. The predicted molar refractivity (Wildman–Crippen MR) is 53.8 cm³/mol. The largest absolute Gasteiger partial charge is 0.348 e. The Bertz CT molecular complexity index is 297. The van der Waals surface area contributed by atoms with E-state index in [4.69, 9.17) is 0 Å². The first-order chi connectivity index (χ1) is 6.61. The summed E-state index contributed by atoms with van der Waals surface area (Å²) in [6, 6.07) is 0.143. The molecule has 1 heterocycles. The smallest absolute Gasteiger partial charge is 0.271 e. The van der Waals surface area contributed by atoms with E-state index < -0.39 is 0 Å². The lowest BCUT2D eigenvalue weighted by Crippen LogP contribution is -2.36. The fourth-order valence-corrected chi connectivity index (χ4v) is 0.864. The van der Waals surface area contributed by atoms with Crippen LogP contribution in [0.5, 0.6) is 0 Å². The lowest BCUT2D eigenvalue weighted by molar-refractivity contribution is 0.0925. The minimum Gasteiger partial charge on any atom is -0.348 e. The molecule has 0 unspecified atom stereocenters. The van der Waals surface area contributed by atoms with E-state index in [2.05, 4.69) is 29.1 Å². The molecule has 1 atom stereocenters. The Labute approximate surface area is 83.8 Å². The van der Waals surface area contributed by atoms with Crippen molar-refractivity contribution in [3.63, 3.8) is 0 Å². The highest BCUT2D eigenvalue weighted by Gasteiger charge is 2.12. The van der Waals surface area contributed by atoms with Gasteiger partial charge in [0.1, 0.15) is 5.69 Å². The summed E-state index contributed by atoms with van der Waals surface area (Å²) in [6.07, 6.45) is 4.51. The van der Waals surface area contributed by atoms with Crippen molar-refractivity contribution in [1.82, 2.24) is 15.3 Å². The van der Waals surface area contributed by atoms with Crippen LogP contribution in [0.25, 0.3) is 0 Å². The Morgan fingerprint density at radius 1 is 1.36 bits per heavy atom. The second-order valence-electron chi connectivity index (χ2n) is 3.60. The molecule has 0 aliphatic heterocycles. The quantitative estimate of drug-likeness (QED) is 0.786. The zero-order chi connectivity index (χ0) is 10.6. The summed E-state index contributed by atoms with van der Waals surface area (Å²) >= 11 is 0. The van der Waals surface area contributed by atoms with Crippen molar-refractivity contribution >= 4 is 5.91 Å². The number of carbonyl (C=O) groups is 1. The normalized spacial score (nSPS) is 12.6. The number of nitrogens with one attached hydrogen (secondary N) is 1. The highest BCUT2D eigenvalue weighted by atomic mass is 16.1. The molecular weight excluding hydrogens is 178 g/mol. The molecule has 1 amide bonds. The highest BCUT2D eigenvalue weighted by molar-refractivity contribution is 5.92. The lowest BCUT2D eigenvalue weighted by Gasteiger charge is -2.16. The fraction of sp³-hybridized carbons (Fsp3) is 0.500. The van der Waals surface area contributed by atoms with Crippen molar-refractivity contribution in [1.29, 1.82) is 0 Å². The van der Waals surface area contributed by atoms with Crippen LogP contribution in [-0.4, -0.2) is 21.9 Å². The number of aromatic nitrogens is 2. The summed E-state index contributed by atoms with van der Waals surface area (Å²) in [7, 11) is 0. The maximum Gasteiger partial charge on any atom is 0.271 e. The van der Waals surface area contributed by atoms with Gasteiger partial charge in [0, 0.05) is 18.4 Å². The predicted octanol–water partition coefficient (Wildman–Crippen LogP) is 1.25. The third-order valence-corrected chi connectivity index (χ3v) is 2.15. The van der Waals surface area contributed by atoms with Crippen LogP contribution in [0.15, 0.2) is 18.6 Å². The van der Waals surface area contributed by atoms with Gasteiger partial charge in [-0.2, -0.15) is 0 Å². The monoisotopic (exact) mass is 193 g/mol. The minimum atomic E-state index is -0.167. The summed E-state index contributed by atoms with van der Waals surface area (Å²) in [5.74, 6) is 0.245. The van der Waals surface area contributed by atoms with Gasteiger partial charge in [-0.05, 0) is 12.8 Å². The molecule has 1 N–H and O–H groups in total. The molecule has 0 fully saturated rings. The molecule has 0 aliphatic carbocycles. The van der Waals surface area contributed by atoms with Gasteiger partial charge in [-0.3, -0.25) is 9.78 Å². The first-order valence-electron chi connectivity index (χ1n) is 4.68. The first-order valence-corrected chi connectivity index (χ1v) is 4.68. The van der Waals surface area contributed by atoms with Gasteiger partial charge in [0.2, 0.25) is 0 Å². The maximum atomic E-state index is 11.5. The Morgan fingerprint density at radius 2 is 2.07 bits per heavy atom. The molecule has 1 aromatic heterocycles. The van der Waals surface area contributed by atoms with E-state index in [9.17, 15) is 4.79 Å². The SMILES string of the molecule is CC(C)[C@@H](C)NC(=O)c1cnccn1. The summed E-state index contributed by atoms with van der Waals surface area (Å²) in [5, 5.41) is 2.85. The minimum absolute atomic E-state index is 0.143. The molecule has 76 valence electrons. The van der Waals surface area contributed by atoms with Crippen LogP contribution in [0.3, 0.4) is 0 Å². The van der Waals surface area contributed by atoms with Crippen LogP contribution in [-0.2, 0) is 0 Å². The van der Waals surface area contributed by atoms with Crippen LogP contribution in [0.1, 0.15) is 31.3 Å². The molecule has 1 rings (SSSR count). The van der Waals surface area contributed by atoms with Crippen LogP contribution in [0.4, 0.5) is 0 Å². The van der Waals surface area contributed by atoms with Crippen LogP contribution in [0.2, 0.25) is 0 Å². The number of nitrogens with zero attached hydrogens (tertiary/aromatic N) is 2. The average molecular weight is 193 g/mol. The van der Waals surface area contributed by atoms with Crippen molar-refractivity contribution in [2.45, 2.75) is 26.8 Å². The molecule has 4 nitrogen and oxygen atoms in total. The summed E-state index contributed by atoms with van der Waals surface area (Å²) in [6.45, 7) is 6.09. The topological polar surface area (TPSA) is 54.9 Å². The van der Waals surface area contributed by atoms with E-state index in [0.717, 1.165) is 0 Å². The van der Waals surface area contributed by atoms with E-state index in [-0.39, 0.29) is 11.9 Å². The van der Waals surface area contributed by atoms with Gasteiger partial charge in [-0.15, -0.1) is 0 Å². The van der Waals surface area contributed by atoms with Gasteiger partial charge >= 0.3 is 0 Å². The third kappa shape index (κ3) is 2.80. The zero-order valence-electron chi connectivity index (χ0n) is 8.69. The molecule has 1 aromatic rings. The van der Waals surface area contributed by atoms with Crippen LogP contribution in [0, 0.1) is 5.92 Å². The Balaban J connectivity index is 2.60.